The molecule has 1 amide bonds. The van der Waals surface area contributed by atoms with Crippen molar-refractivity contribution in [2.45, 2.75) is 32.6 Å². The first kappa shape index (κ1) is 27.7. The Morgan fingerprint density at radius 1 is 1.18 bits per heavy atom. The maximum absolute atomic E-state index is 12.7. The summed E-state index contributed by atoms with van der Waals surface area (Å²) in [4.78, 5) is 29.0. The van der Waals surface area contributed by atoms with Gasteiger partial charge in [-0.25, -0.2) is 13.8 Å². The molecule has 10 heteroatoms. The largest absolute Gasteiger partial charge is 0.494 e. The van der Waals surface area contributed by atoms with Crippen LogP contribution < -0.4 is 10.1 Å². The smallest absolute Gasteiger partial charge is 0.304 e. The summed E-state index contributed by atoms with van der Waals surface area (Å²) < 4.78 is 31.2. The Labute approximate surface area is 191 Å². The van der Waals surface area contributed by atoms with Crippen LogP contribution in [-0.2, 0) is 16.0 Å². The van der Waals surface area contributed by atoms with Crippen LogP contribution in [0.5, 0.6) is 5.75 Å². The third kappa shape index (κ3) is 10.2. The first-order valence-corrected chi connectivity index (χ1v) is 10.5. The molecule has 0 saturated carbocycles. The molecule has 0 radical (unpaired) electrons. The molecule has 0 unspecified atom stereocenters. The molecule has 2 N–H and O–H groups in total. The molecule has 0 aliphatic carbocycles. The maximum Gasteiger partial charge on any atom is 0.304 e. The number of alkyl halides is 2. The number of benzene rings is 1. The summed E-state index contributed by atoms with van der Waals surface area (Å²) in [5.74, 6) is -1.17. The third-order valence-corrected chi connectivity index (χ3v) is 4.79. The number of carboxylic acids is 1. The van der Waals surface area contributed by atoms with E-state index >= 15 is 0 Å². The summed E-state index contributed by atoms with van der Waals surface area (Å²) in [5.41, 5.74) is 0.738. The highest BCUT2D eigenvalue weighted by molar-refractivity contribution is 5.83. The SMILES string of the molecule is CCN(CC(F)F)C(=O)[C@H](CC(=O)O)Cc1ccc(OCCCNc2ccccn2)cc1.F. The van der Waals surface area contributed by atoms with Gasteiger partial charge in [-0.05, 0) is 49.6 Å². The summed E-state index contributed by atoms with van der Waals surface area (Å²) in [7, 11) is 0. The number of aliphatic carboxylic acids is 1. The van der Waals surface area contributed by atoms with Gasteiger partial charge in [0.2, 0.25) is 5.91 Å². The van der Waals surface area contributed by atoms with Crippen LogP contribution in [0.1, 0.15) is 25.3 Å². The Balaban J connectivity index is 0.00000544. The Morgan fingerprint density at radius 2 is 1.91 bits per heavy atom. The fraction of sp³-hybridized carbons (Fsp3) is 0.435. The number of carbonyl (C=O) groups is 2. The highest BCUT2D eigenvalue weighted by Crippen LogP contribution is 2.19. The normalized spacial score (nSPS) is 11.4. The Morgan fingerprint density at radius 3 is 2.48 bits per heavy atom. The van der Waals surface area contributed by atoms with Crippen molar-refractivity contribution in [1.29, 1.82) is 0 Å². The summed E-state index contributed by atoms with van der Waals surface area (Å²) in [5, 5.41) is 12.3. The molecule has 7 nitrogen and oxygen atoms in total. The van der Waals surface area contributed by atoms with Crippen molar-refractivity contribution >= 4 is 17.7 Å². The molecule has 0 spiro atoms. The van der Waals surface area contributed by atoms with Gasteiger partial charge in [0.15, 0.2) is 0 Å². The van der Waals surface area contributed by atoms with Crippen LogP contribution in [0.3, 0.4) is 0 Å². The van der Waals surface area contributed by atoms with E-state index in [-0.39, 0.29) is 17.7 Å². The number of nitrogens with one attached hydrogen (secondary N) is 1. The number of nitrogens with zero attached hydrogens (tertiary/aromatic N) is 2. The molecule has 0 bridgehead atoms. The van der Waals surface area contributed by atoms with Crippen LogP contribution in [0.2, 0.25) is 0 Å². The molecule has 2 rings (SSSR count). The number of carboxylic acid groups (broad SMARTS) is 1. The molecule has 182 valence electrons. The summed E-state index contributed by atoms with van der Waals surface area (Å²) >= 11 is 0. The second kappa shape index (κ2) is 14.7. The molecule has 2 aromatic rings. The van der Waals surface area contributed by atoms with Gasteiger partial charge in [-0.2, -0.15) is 0 Å². The number of rotatable bonds is 14. The van der Waals surface area contributed by atoms with E-state index in [0.717, 1.165) is 22.7 Å². The van der Waals surface area contributed by atoms with E-state index in [1.807, 2.05) is 18.2 Å². The lowest BCUT2D eigenvalue weighted by atomic mass is 9.94. The van der Waals surface area contributed by atoms with Crippen molar-refractivity contribution < 1.29 is 32.9 Å². The zero-order valence-electron chi connectivity index (χ0n) is 18.5. The predicted octanol–water partition coefficient (Wildman–Crippen LogP) is 3.86. The van der Waals surface area contributed by atoms with Crippen LogP contribution in [0.15, 0.2) is 48.7 Å². The molecular formula is C23H30F3N3O4. The van der Waals surface area contributed by atoms with Crippen LogP contribution in [0.25, 0.3) is 0 Å². The minimum Gasteiger partial charge on any atom is -0.494 e. The number of ether oxygens (including phenoxy) is 1. The number of halogens is 3. The second-order valence-corrected chi connectivity index (χ2v) is 7.25. The van der Waals surface area contributed by atoms with Crippen LogP contribution in [-0.4, -0.2) is 59.5 Å². The third-order valence-electron chi connectivity index (χ3n) is 4.79. The van der Waals surface area contributed by atoms with E-state index in [9.17, 15) is 18.4 Å². The van der Waals surface area contributed by atoms with E-state index in [0.29, 0.717) is 18.9 Å². The van der Waals surface area contributed by atoms with Crippen LogP contribution in [0, 0.1) is 5.92 Å². The van der Waals surface area contributed by atoms with E-state index in [1.165, 1.54) is 0 Å². The second-order valence-electron chi connectivity index (χ2n) is 7.25. The first-order chi connectivity index (χ1) is 15.4. The Kier molecular flexibility index (Phi) is 12.4. The molecule has 0 aliphatic rings. The number of aromatic nitrogens is 1. The van der Waals surface area contributed by atoms with Gasteiger partial charge in [0, 0.05) is 19.3 Å². The average molecular weight is 470 g/mol. The van der Waals surface area contributed by atoms with Crippen LogP contribution >= 0.6 is 0 Å². The summed E-state index contributed by atoms with van der Waals surface area (Å²) in [6.07, 6.45) is -0.447. The van der Waals surface area contributed by atoms with Gasteiger partial charge in [-0.3, -0.25) is 14.3 Å². The van der Waals surface area contributed by atoms with Gasteiger partial charge >= 0.3 is 5.97 Å². The minimum atomic E-state index is -2.67. The van der Waals surface area contributed by atoms with E-state index in [4.69, 9.17) is 9.84 Å². The van der Waals surface area contributed by atoms with Gasteiger partial charge in [0.25, 0.3) is 6.43 Å². The number of amides is 1. The summed E-state index contributed by atoms with van der Waals surface area (Å²) in [6, 6.07) is 12.7. The van der Waals surface area contributed by atoms with Crippen LogP contribution in [0.4, 0.5) is 19.3 Å². The average Bonchev–Trinajstić information content (AvgIpc) is 2.77. The van der Waals surface area contributed by atoms with Crippen molar-refractivity contribution in [2.24, 2.45) is 5.92 Å². The quantitative estimate of drug-likeness (QED) is 0.408. The molecule has 0 aliphatic heterocycles. The molecule has 1 aromatic heterocycles. The first-order valence-electron chi connectivity index (χ1n) is 10.5. The standard InChI is InChI=1S/C23H29F2N3O4.FH/c1-2-28(16-20(24)25)23(31)18(15-22(29)30)14-17-7-9-19(10-8-17)32-13-5-12-27-21-6-3-4-11-26-21;/h3-4,6-11,18,20H,2,5,12-16H2,1H3,(H,26,27)(H,29,30);1H/t18-;/m0./s1. The molecule has 1 atom stereocenters. The van der Waals surface area contributed by atoms with Crippen molar-refractivity contribution in [3.63, 3.8) is 0 Å². The Hall–Kier alpha value is -3.30. The molecular weight excluding hydrogens is 439 g/mol. The van der Waals surface area contributed by atoms with E-state index in [2.05, 4.69) is 10.3 Å². The van der Waals surface area contributed by atoms with Crippen molar-refractivity contribution in [1.82, 2.24) is 9.88 Å². The lowest BCUT2D eigenvalue weighted by molar-refractivity contribution is -0.145. The molecule has 33 heavy (non-hydrogen) atoms. The fourth-order valence-corrected chi connectivity index (χ4v) is 3.21. The zero-order valence-corrected chi connectivity index (χ0v) is 18.5. The summed E-state index contributed by atoms with van der Waals surface area (Å²) in [6.45, 7) is 2.20. The number of hydrogen-bond acceptors (Lipinski definition) is 5. The maximum atomic E-state index is 12.7. The number of carbonyl (C=O) groups excluding carboxylic acids is 1. The highest BCUT2D eigenvalue weighted by Gasteiger charge is 2.27. The van der Waals surface area contributed by atoms with E-state index in [1.54, 1.807) is 37.4 Å². The predicted molar refractivity (Wildman–Crippen MR) is 119 cm³/mol. The number of hydrogen-bond donors (Lipinski definition) is 2. The molecule has 0 fully saturated rings. The molecule has 1 heterocycles. The van der Waals surface area contributed by atoms with Crippen molar-refractivity contribution in [3.05, 3.63) is 54.2 Å². The van der Waals surface area contributed by atoms with E-state index < -0.39 is 37.2 Å². The number of anilines is 1. The fourth-order valence-electron chi connectivity index (χ4n) is 3.21. The minimum absolute atomic E-state index is 0. The Bertz CT molecular complexity index is 839. The highest BCUT2D eigenvalue weighted by atomic mass is 19.3. The van der Waals surface area contributed by atoms with Gasteiger partial charge in [0.1, 0.15) is 11.6 Å². The van der Waals surface area contributed by atoms with Crippen molar-refractivity contribution in [2.75, 3.05) is 31.6 Å². The van der Waals surface area contributed by atoms with Gasteiger partial charge in [-0.1, -0.05) is 18.2 Å². The molecule has 0 saturated heterocycles. The lowest BCUT2D eigenvalue weighted by Crippen LogP contribution is -2.40. The lowest BCUT2D eigenvalue weighted by Gasteiger charge is -2.25. The topological polar surface area (TPSA) is 91.8 Å². The van der Waals surface area contributed by atoms with Gasteiger partial charge in [-0.15, -0.1) is 0 Å². The zero-order chi connectivity index (χ0) is 23.3. The van der Waals surface area contributed by atoms with Crippen molar-refractivity contribution in [3.8, 4) is 5.75 Å². The monoisotopic (exact) mass is 469 g/mol. The number of pyridine rings is 1. The molecule has 1 aromatic carbocycles. The van der Waals surface area contributed by atoms with Gasteiger partial charge < -0.3 is 20.1 Å². The van der Waals surface area contributed by atoms with Gasteiger partial charge in [0.05, 0.1) is 25.5 Å².